The molecule has 0 saturated heterocycles. The Morgan fingerprint density at radius 1 is 1.32 bits per heavy atom. The fraction of sp³-hybridized carbons (Fsp3) is 0.154. The smallest absolute Gasteiger partial charge is 0.157 e. The number of hydrogen-bond donors (Lipinski definition) is 2. The number of carbonyl (C=O) groups excluding carboxylic acids is 1. The van der Waals surface area contributed by atoms with Crippen molar-refractivity contribution >= 4 is 29.5 Å². The molecule has 2 aromatic rings. The summed E-state index contributed by atoms with van der Waals surface area (Å²) in [5.74, 6) is 0.584. The highest BCUT2D eigenvalue weighted by Crippen LogP contribution is 2.22. The minimum absolute atomic E-state index is 0.0368. The highest BCUT2D eigenvalue weighted by atomic mass is 35.5. The van der Waals surface area contributed by atoms with Crippen LogP contribution in [0, 0.1) is 0 Å². The second-order valence-electron chi connectivity index (χ2n) is 4.06. The average Bonchev–Trinajstić information content (AvgIpc) is 2.39. The van der Waals surface area contributed by atoms with Crippen LogP contribution in [0.4, 0.5) is 11.6 Å². The zero-order valence-electron chi connectivity index (χ0n) is 10.3. The lowest BCUT2D eigenvalue weighted by Crippen LogP contribution is -2.11. The van der Waals surface area contributed by atoms with Crippen molar-refractivity contribution in [3.05, 3.63) is 46.7 Å². The molecule has 0 radical (unpaired) electrons. The van der Waals surface area contributed by atoms with Gasteiger partial charge in [-0.2, -0.15) is 0 Å². The van der Waals surface area contributed by atoms with Gasteiger partial charge in [-0.3, -0.25) is 4.79 Å². The highest BCUT2D eigenvalue weighted by Gasteiger charge is 2.12. The van der Waals surface area contributed by atoms with Crippen LogP contribution in [0.3, 0.4) is 0 Å². The van der Waals surface area contributed by atoms with E-state index >= 15 is 0 Å². The zero-order valence-corrected chi connectivity index (χ0v) is 11.1. The molecule has 1 aromatic heterocycles. The number of nitrogen functional groups attached to an aromatic ring is 1. The minimum atomic E-state index is -0.0368. The third-order valence-electron chi connectivity index (χ3n) is 2.76. The Morgan fingerprint density at radius 2 is 2.00 bits per heavy atom. The van der Waals surface area contributed by atoms with Crippen LogP contribution >= 0.6 is 11.6 Å². The molecule has 1 aromatic carbocycles. The lowest BCUT2D eigenvalue weighted by molar-refractivity contribution is 0.112. The molecular formula is C13H13ClN4O. The van der Waals surface area contributed by atoms with Crippen molar-refractivity contribution in [3.8, 4) is 0 Å². The molecule has 0 fully saturated rings. The predicted octanol–water partition coefficient (Wildman–Crippen LogP) is 2.70. The lowest BCUT2D eigenvalue weighted by Gasteiger charge is -2.16. The number of anilines is 2. The number of nitrogens with one attached hydrogen (secondary N) is 1. The summed E-state index contributed by atoms with van der Waals surface area (Å²) >= 11 is 5.84. The van der Waals surface area contributed by atoms with Crippen molar-refractivity contribution in [3.63, 3.8) is 0 Å². The Kier molecular flexibility index (Phi) is 3.97. The number of hydrogen-bond acceptors (Lipinski definition) is 5. The quantitative estimate of drug-likeness (QED) is 0.839. The minimum Gasteiger partial charge on any atom is -0.383 e. The second-order valence-corrected chi connectivity index (χ2v) is 4.49. The standard InChI is InChI=1S/C13H13ClN4O/c1-8(9-2-4-10(14)5-3-9)18-13-11(6-19)12(15)16-7-17-13/h2-8H,1H3,(H3,15,16,17,18). The lowest BCUT2D eigenvalue weighted by atomic mass is 10.1. The topological polar surface area (TPSA) is 80.9 Å². The largest absolute Gasteiger partial charge is 0.383 e. The van der Waals surface area contributed by atoms with E-state index in [4.69, 9.17) is 17.3 Å². The van der Waals surface area contributed by atoms with Crippen LogP contribution in [0.15, 0.2) is 30.6 Å². The summed E-state index contributed by atoms with van der Waals surface area (Å²) in [6, 6.07) is 7.40. The summed E-state index contributed by atoms with van der Waals surface area (Å²) in [5, 5.41) is 3.81. The van der Waals surface area contributed by atoms with Gasteiger partial charge in [0.1, 0.15) is 18.0 Å². The van der Waals surface area contributed by atoms with E-state index in [1.54, 1.807) is 0 Å². The van der Waals surface area contributed by atoms with E-state index < -0.39 is 0 Å². The van der Waals surface area contributed by atoms with E-state index in [1.165, 1.54) is 6.33 Å². The molecule has 0 amide bonds. The molecule has 98 valence electrons. The maximum Gasteiger partial charge on any atom is 0.157 e. The Balaban J connectivity index is 2.23. The van der Waals surface area contributed by atoms with Crippen LogP contribution in [0.1, 0.15) is 28.9 Å². The van der Waals surface area contributed by atoms with E-state index in [0.717, 1.165) is 5.56 Å². The Hall–Kier alpha value is -2.14. The monoisotopic (exact) mass is 276 g/mol. The van der Waals surface area contributed by atoms with Crippen molar-refractivity contribution in [1.29, 1.82) is 0 Å². The molecule has 5 nitrogen and oxygen atoms in total. The van der Waals surface area contributed by atoms with E-state index in [0.29, 0.717) is 17.1 Å². The highest BCUT2D eigenvalue weighted by molar-refractivity contribution is 6.30. The van der Waals surface area contributed by atoms with Crippen LogP contribution < -0.4 is 11.1 Å². The van der Waals surface area contributed by atoms with Crippen molar-refractivity contribution in [2.24, 2.45) is 0 Å². The molecule has 0 aliphatic heterocycles. The van der Waals surface area contributed by atoms with Crippen LogP contribution in [0.5, 0.6) is 0 Å². The molecule has 1 atom stereocenters. The SMILES string of the molecule is CC(Nc1ncnc(N)c1C=O)c1ccc(Cl)cc1. The van der Waals surface area contributed by atoms with Gasteiger partial charge in [-0.15, -0.1) is 0 Å². The molecule has 2 rings (SSSR count). The average molecular weight is 277 g/mol. The summed E-state index contributed by atoms with van der Waals surface area (Å²) in [4.78, 5) is 18.8. The summed E-state index contributed by atoms with van der Waals surface area (Å²) in [6.45, 7) is 1.95. The molecule has 0 aliphatic carbocycles. The first-order chi connectivity index (χ1) is 9.11. The molecule has 0 aliphatic rings. The second kappa shape index (κ2) is 5.67. The van der Waals surface area contributed by atoms with Gasteiger partial charge in [-0.1, -0.05) is 23.7 Å². The van der Waals surface area contributed by atoms with Gasteiger partial charge in [0, 0.05) is 11.1 Å². The normalized spacial score (nSPS) is 11.9. The number of halogens is 1. The van der Waals surface area contributed by atoms with Crippen LogP contribution in [0.25, 0.3) is 0 Å². The summed E-state index contributed by atoms with van der Waals surface area (Å²) in [6.07, 6.45) is 1.96. The first kappa shape index (κ1) is 13.3. The molecule has 6 heteroatoms. The van der Waals surface area contributed by atoms with Gasteiger partial charge in [-0.25, -0.2) is 9.97 Å². The van der Waals surface area contributed by atoms with Gasteiger partial charge in [-0.05, 0) is 24.6 Å². The van der Waals surface area contributed by atoms with Crippen LogP contribution in [-0.2, 0) is 0 Å². The summed E-state index contributed by atoms with van der Waals surface area (Å²) < 4.78 is 0. The van der Waals surface area contributed by atoms with Gasteiger partial charge in [0.05, 0.1) is 5.56 Å². The first-order valence-corrected chi connectivity index (χ1v) is 6.07. The molecule has 19 heavy (non-hydrogen) atoms. The van der Waals surface area contributed by atoms with Crippen molar-refractivity contribution in [1.82, 2.24) is 9.97 Å². The van der Waals surface area contributed by atoms with E-state index in [1.807, 2.05) is 31.2 Å². The number of carbonyl (C=O) groups is 1. The first-order valence-electron chi connectivity index (χ1n) is 5.69. The number of aromatic nitrogens is 2. The van der Waals surface area contributed by atoms with Crippen LogP contribution in [0.2, 0.25) is 5.02 Å². The summed E-state index contributed by atoms with van der Waals surface area (Å²) in [7, 11) is 0. The Bertz CT molecular complexity index is 586. The number of nitrogens with zero attached hydrogens (tertiary/aromatic N) is 2. The number of aldehydes is 1. The van der Waals surface area contributed by atoms with E-state index in [9.17, 15) is 4.79 Å². The fourth-order valence-corrected chi connectivity index (χ4v) is 1.81. The molecule has 0 spiro atoms. The van der Waals surface area contributed by atoms with E-state index in [-0.39, 0.29) is 17.4 Å². The molecule has 0 saturated carbocycles. The van der Waals surface area contributed by atoms with Crippen molar-refractivity contribution < 1.29 is 4.79 Å². The molecule has 1 unspecified atom stereocenters. The Labute approximate surface area is 115 Å². The van der Waals surface area contributed by atoms with Crippen molar-refractivity contribution in [2.75, 3.05) is 11.1 Å². The maximum absolute atomic E-state index is 11.0. The van der Waals surface area contributed by atoms with Crippen LogP contribution in [-0.4, -0.2) is 16.3 Å². The van der Waals surface area contributed by atoms with Gasteiger partial charge in [0.2, 0.25) is 0 Å². The molecule has 0 bridgehead atoms. The summed E-state index contributed by atoms with van der Waals surface area (Å²) in [5.41, 5.74) is 6.92. The Morgan fingerprint density at radius 3 is 2.63 bits per heavy atom. The van der Waals surface area contributed by atoms with Gasteiger partial charge in [0.15, 0.2) is 6.29 Å². The fourth-order valence-electron chi connectivity index (χ4n) is 1.68. The van der Waals surface area contributed by atoms with E-state index in [2.05, 4.69) is 15.3 Å². The molecule has 3 N–H and O–H groups in total. The number of benzene rings is 1. The van der Waals surface area contributed by atoms with Gasteiger partial charge >= 0.3 is 0 Å². The van der Waals surface area contributed by atoms with Crippen molar-refractivity contribution in [2.45, 2.75) is 13.0 Å². The molecular weight excluding hydrogens is 264 g/mol. The third kappa shape index (κ3) is 3.00. The predicted molar refractivity (Wildman–Crippen MR) is 75.3 cm³/mol. The van der Waals surface area contributed by atoms with Gasteiger partial charge in [0.25, 0.3) is 0 Å². The number of nitrogens with two attached hydrogens (primary N) is 1. The maximum atomic E-state index is 11.0. The molecule has 1 heterocycles. The number of rotatable bonds is 4. The van der Waals surface area contributed by atoms with Gasteiger partial charge < -0.3 is 11.1 Å². The zero-order chi connectivity index (χ0) is 13.8. The third-order valence-corrected chi connectivity index (χ3v) is 3.01.